The number of rotatable bonds is 5. The first kappa shape index (κ1) is 16.0. The van der Waals surface area contributed by atoms with Crippen LogP contribution in [0.4, 0.5) is 0 Å². The summed E-state index contributed by atoms with van der Waals surface area (Å²) in [5, 5.41) is 9.02. The summed E-state index contributed by atoms with van der Waals surface area (Å²) < 4.78 is 32.6. The predicted molar refractivity (Wildman–Crippen MR) is 79.9 cm³/mol. The van der Waals surface area contributed by atoms with Gasteiger partial charge in [0.1, 0.15) is 0 Å². The molecule has 2 unspecified atom stereocenters. The van der Waals surface area contributed by atoms with Crippen LogP contribution in [0.15, 0.2) is 24.3 Å². The van der Waals surface area contributed by atoms with Crippen LogP contribution in [0.5, 0.6) is 0 Å². The summed E-state index contributed by atoms with van der Waals surface area (Å²) in [4.78, 5) is 0. The summed E-state index contributed by atoms with van der Waals surface area (Å²) in [6.07, 6.45) is 0.736. The van der Waals surface area contributed by atoms with E-state index in [0.717, 1.165) is 0 Å². The molecule has 1 saturated carbocycles. The molecule has 5 nitrogen and oxygen atoms in total. The Labute approximate surface area is 126 Å². The molecular weight excluding hydrogens is 288 g/mol. The summed E-state index contributed by atoms with van der Waals surface area (Å²) in [7, 11) is -1.85. The van der Waals surface area contributed by atoms with E-state index >= 15 is 0 Å². The van der Waals surface area contributed by atoms with Crippen molar-refractivity contribution in [1.82, 2.24) is 4.72 Å². The molecule has 1 aliphatic carbocycles. The van der Waals surface area contributed by atoms with Crippen molar-refractivity contribution in [2.24, 2.45) is 5.41 Å². The third-order valence-corrected chi connectivity index (χ3v) is 5.60. The van der Waals surface area contributed by atoms with Gasteiger partial charge in [-0.2, -0.15) is 5.26 Å². The fraction of sp³-hybridized carbons (Fsp3) is 0.533. The third-order valence-electron chi connectivity index (χ3n) is 4.27. The van der Waals surface area contributed by atoms with Crippen LogP contribution >= 0.6 is 0 Å². The van der Waals surface area contributed by atoms with Gasteiger partial charge in [-0.3, -0.25) is 0 Å². The van der Waals surface area contributed by atoms with Crippen molar-refractivity contribution in [2.45, 2.75) is 38.2 Å². The summed E-state index contributed by atoms with van der Waals surface area (Å²) >= 11 is 0. The van der Waals surface area contributed by atoms with E-state index in [0.29, 0.717) is 17.5 Å². The molecule has 1 aromatic carbocycles. The van der Waals surface area contributed by atoms with Gasteiger partial charge >= 0.3 is 0 Å². The predicted octanol–water partition coefficient (Wildman–Crippen LogP) is 1.79. The maximum absolute atomic E-state index is 12.3. The number of benzene rings is 1. The molecule has 0 radical (unpaired) electrons. The highest BCUT2D eigenvalue weighted by molar-refractivity contribution is 7.88. The number of nitrogens with zero attached hydrogens (tertiary/aromatic N) is 1. The zero-order valence-electron chi connectivity index (χ0n) is 12.5. The SMILES string of the molecule is COC1CC(NS(=O)(=O)Cc2ccccc2C#N)C1(C)C. The molecule has 0 spiro atoms. The maximum Gasteiger partial charge on any atom is 0.216 e. The van der Waals surface area contributed by atoms with Gasteiger partial charge in [-0.25, -0.2) is 13.1 Å². The van der Waals surface area contributed by atoms with E-state index in [2.05, 4.69) is 4.72 Å². The van der Waals surface area contributed by atoms with Gasteiger partial charge in [0.15, 0.2) is 0 Å². The Morgan fingerprint density at radius 3 is 2.67 bits per heavy atom. The van der Waals surface area contributed by atoms with Gasteiger partial charge in [0.05, 0.1) is 23.5 Å². The van der Waals surface area contributed by atoms with Gasteiger partial charge in [0.25, 0.3) is 0 Å². The van der Waals surface area contributed by atoms with Gasteiger partial charge in [-0.15, -0.1) is 0 Å². The zero-order valence-corrected chi connectivity index (χ0v) is 13.3. The van der Waals surface area contributed by atoms with Gasteiger partial charge in [0, 0.05) is 18.6 Å². The minimum absolute atomic E-state index is 0.0663. The Bertz CT molecular complexity index is 662. The Kier molecular flexibility index (Phi) is 4.38. The van der Waals surface area contributed by atoms with E-state index in [1.54, 1.807) is 31.4 Å². The maximum atomic E-state index is 12.3. The first-order chi connectivity index (χ1) is 9.80. The highest BCUT2D eigenvalue weighted by Crippen LogP contribution is 2.42. The zero-order chi connectivity index (χ0) is 15.7. The molecular formula is C15H20N2O3S. The average molecular weight is 308 g/mol. The summed E-state index contributed by atoms with van der Waals surface area (Å²) in [5.74, 6) is -0.180. The molecule has 2 rings (SSSR count). The molecule has 2 atom stereocenters. The smallest absolute Gasteiger partial charge is 0.216 e. The van der Waals surface area contributed by atoms with E-state index in [1.807, 2.05) is 19.9 Å². The molecule has 6 heteroatoms. The minimum Gasteiger partial charge on any atom is -0.381 e. The van der Waals surface area contributed by atoms with Crippen LogP contribution in [0.25, 0.3) is 0 Å². The Morgan fingerprint density at radius 2 is 2.10 bits per heavy atom. The molecule has 0 bridgehead atoms. The molecule has 21 heavy (non-hydrogen) atoms. The standard InChI is InChI=1S/C15H20N2O3S/c1-15(2)13(8-14(15)20-3)17-21(18,19)10-12-7-5-4-6-11(12)9-16/h4-7,13-14,17H,8,10H2,1-3H3. The minimum atomic E-state index is -3.49. The topological polar surface area (TPSA) is 79.2 Å². The van der Waals surface area contributed by atoms with Crippen LogP contribution in [0.1, 0.15) is 31.4 Å². The molecule has 0 amide bonds. The average Bonchev–Trinajstić information content (AvgIpc) is 2.43. The lowest BCUT2D eigenvalue weighted by molar-refractivity contribution is -0.0908. The Morgan fingerprint density at radius 1 is 1.43 bits per heavy atom. The Balaban J connectivity index is 2.09. The van der Waals surface area contributed by atoms with Crippen molar-refractivity contribution in [3.8, 4) is 6.07 Å². The molecule has 1 N–H and O–H groups in total. The number of nitrogens with one attached hydrogen (secondary N) is 1. The van der Waals surface area contributed by atoms with Crippen molar-refractivity contribution in [3.63, 3.8) is 0 Å². The molecule has 114 valence electrons. The molecule has 1 fully saturated rings. The van der Waals surface area contributed by atoms with E-state index in [-0.39, 0.29) is 23.3 Å². The highest BCUT2D eigenvalue weighted by atomic mass is 32.2. The number of methoxy groups -OCH3 is 1. The van der Waals surface area contributed by atoms with Crippen molar-refractivity contribution < 1.29 is 13.2 Å². The molecule has 0 aliphatic heterocycles. The fourth-order valence-corrected chi connectivity index (χ4v) is 4.28. The largest absolute Gasteiger partial charge is 0.381 e. The van der Waals surface area contributed by atoms with E-state index < -0.39 is 10.0 Å². The van der Waals surface area contributed by atoms with E-state index in [9.17, 15) is 8.42 Å². The second-order valence-corrected chi connectivity index (χ2v) is 7.73. The highest BCUT2D eigenvalue weighted by Gasteiger charge is 2.49. The number of ether oxygens (including phenoxy) is 1. The first-order valence-corrected chi connectivity index (χ1v) is 8.46. The van der Waals surface area contributed by atoms with Gasteiger partial charge < -0.3 is 4.74 Å². The van der Waals surface area contributed by atoms with Crippen molar-refractivity contribution in [1.29, 1.82) is 5.26 Å². The monoisotopic (exact) mass is 308 g/mol. The van der Waals surface area contributed by atoms with Crippen molar-refractivity contribution in [3.05, 3.63) is 35.4 Å². The summed E-state index contributed by atoms with van der Waals surface area (Å²) in [6.45, 7) is 3.97. The van der Waals surface area contributed by atoms with Crippen LogP contribution in [-0.4, -0.2) is 27.7 Å². The van der Waals surface area contributed by atoms with E-state index in [1.165, 1.54) is 0 Å². The molecule has 0 saturated heterocycles. The van der Waals surface area contributed by atoms with Gasteiger partial charge in [0.2, 0.25) is 10.0 Å². The number of nitriles is 1. The summed E-state index contributed by atoms with van der Waals surface area (Å²) in [6, 6.07) is 8.63. The fourth-order valence-electron chi connectivity index (χ4n) is 2.70. The lowest BCUT2D eigenvalue weighted by Gasteiger charge is -2.51. The van der Waals surface area contributed by atoms with Crippen molar-refractivity contribution in [2.75, 3.05) is 7.11 Å². The molecule has 0 heterocycles. The number of hydrogen-bond donors (Lipinski definition) is 1. The first-order valence-electron chi connectivity index (χ1n) is 6.81. The number of hydrogen-bond acceptors (Lipinski definition) is 4. The van der Waals surface area contributed by atoms with Crippen molar-refractivity contribution >= 4 is 10.0 Å². The number of sulfonamides is 1. The van der Waals surface area contributed by atoms with E-state index in [4.69, 9.17) is 10.00 Å². The molecule has 1 aliphatic rings. The van der Waals surface area contributed by atoms with Crippen LogP contribution in [0.2, 0.25) is 0 Å². The third kappa shape index (κ3) is 3.26. The van der Waals surface area contributed by atoms with Crippen LogP contribution in [-0.2, 0) is 20.5 Å². The lowest BCUT2D eigenvalue weighted by Crippen LogP contribution is -2.61. The van der Waals surface area contributed by atoms with Gasteiger partial charge in [-0.05, 0) is 18.1 Å². The molecule has 1 aromatic rings. The second-order valence-electron chi connectivity index (χ2n) is 5.98. The van der Waals surface area contributed by atoms with Crippen LogP contribution in [0.3, 0.4) is 0 Å². The second kappa shape index (κ2) is 5.76. The lowest BCUT2D eigenvalue weighted by atomic mass is 9.65. The normalized spacial score (nSPS) is 24.1. The van der Waals surface area contributed by atoms with Crippen LogP contribution in [0, 0.1) is 16.7 Å². The summed E-state index contributed by atoms with van der Waals surface area (Å²) in [5.41, 5.74) is 0.690. The van der Waals surface area contributed by atoms with Crippen LogP contribution < -0.4 is 4.72 Å². The molecule has 0 aromatic heterocycles. The Hall–Kier alpha value is -1.42. The quantitative estimate of drug-likeness (QED) is 0.899. The van der Waals surface area contributed by atoms with Gasteiger partial charge in [-0.1, -0.05) is 32.0 Å².